The molecular weight excluding hydrogens is 269 g/mol. The second kappa shape index (κ2) is 5.75. The van der Waals surface area contributed by atoms with E-state index in [1.165, 1.54) is 0 Å². The molecule has 1 aromatic carbocycles. The maximum Gasteiger partial charge on any atom is 0.232 e. The summed E-state index contributed by atoms with van der Waals surface area (Å²) in [6.45, 7) is 1.80. The summed E-state index contributed by atoms with van der Waals surface area (Å²) in [6.07, 6.45) is 0.417. The van der Waals surface area contributed by atoms with Gasteiger partial charge in [-0.25, -0.2) is 8.42 Å². The van der Waals surface area contributed by atoms with E-state index in [9.17, 15) is 8.42 Å². The molecule has 0 saturated carbocycles. The summed E-state index contributed by atoms with van der Waals surface area (Å²) >= 11 is 11.4. The molecule has 0 heterocycles. The minimum absolute atomic E-state index is 0.00115. The Balaban J connectivity index is 2.88. The number of alkyl halides is 1. The summed E-state index contributed by atoms with van der Waals surface area (Å²) in [4.78, 5) is 0. The van der Waals surface area contributed by atoms with Gasteiger partial charge >= 0.3 is 0 Å². The number of nitrogens with one attached hydrogen (secondary N) is 1. The topological polar surface area (TPSA) is 46.2 Å². The Bertz CT molecular complexity index is 440. The third-order valence-corrected chi connectivity index (χ3v) is 3.95. The van der Waals surface area contributed by atoms with Crippen molar-refractivity contribution in [1.29, 1.82) is 0 Å². The predicted molar refractivity (Wildman–Crippen MR) is 68.9 cm³/mol. The lowest BCUT2D eigenvalue weighted by atomic mass is 10.2. The van der Waals surface area contributed by atoms with E-state index in [2.05, 4.69) is 4.72 Å². The molecule has 1 aromatic rings. The molecule has 0 amide bonds. The highest BCUT2D eigenvalue weighted by Gasteiger charge is 2.13. The van der Waals surface area contributed by atoms with Crippen LogP contribution in [-0.2, 0) is 10.0 Å². The Morgan fingerprint density at radius 1 is 1.38 bits per heavy atom. The maximum absolute atomic E-state index is 11.6. The first-order chi connectivity index (χ1) is 7.46. The van der Waals surface area contributed by atoms with Crippen molar-refractivity contribution in [3.8, 4) is 0 Å². The second-order valence-corrected chi connectivity index (χ2v) is 6.02. The summed E-state index contributed by atoms with van der Waals surface area (Å²) in [6, 6.07) is 5.22. The number of para-hydroxylation sites is 1. The van der Waals surface area contributed by atoms with Gasteiger partial charge in [-0.3, -0.25) is 4.72 Å². The average molecular weight is 282 g/mol. The van der Waals surface area contributed by atoms with Crippen LogP contribution in [0.15, 0.2) is 18.2 Å². The molecule has 16 heavy (non-hydrogen) atoms. The molecule has 0 fully saturated rings. The lowest BCUT2D eigenvalue weighted by Gasteiger charge is -2.11. The van der Waals surface area contributed by atoms with Gasteiger partial charge in [-0.2, -0.15) is 0 Å². The fourth-order valence-corrected chi connectivity index (χ4v) is 3.04. The molecule has 0 radical (unpaired) electrons. The van der Waals surface area contributed by atoms with Gasteiger partial charge in [0.2, 0.25) is 10.0 Å². The molecule has 1 N–H and O–H groups in total. The average Bonchev–Trinajstić information content (AvgIpc) is 2.21. The molecular formula is C10H13Cl2NO2S. The lowest BCUT2D eigenvalue weighted by molar-refractivity contribution is 0.600. The fourth-order valence-electron chi connectivity index (χ4n) is 1.21. The van der Waals surface area contributed by atoms with Crippen LogP contribution in [0.4, 0.5) is 5.69 Å². The van der Waals surface area contributed by atoms with E-state index in [0.29, 0.717) is 23.0 Å². The third-order valence-electron chi connectivity index (χ3n) is 2.03. The van der Waals surface area contributed by atoms with Crippen molar-refractivity contribution in [2.24, 2.45) is 0 Å². The molecule has 0 aliphatic rings. The van der Waals surface area contributed by atoms with E-state index in [-0.39, 0.29) is 5.75 Å². The van der Waals surface area contributed by atoms with Gasteiger partial charge in [0, 0.05) is 5.88 Å². The van der Waals surface area contributed by atoms with Crippen molar-refractivity contribution < 1.29 is 8.42 Å². The summed E-state index contributed by atoms with van der Waals surface area (Å²) in [5, 5.41) is 0.398. The van der Waals surface area contributed by atoms with Crippen LogP contribution in [-0.4, -0.2) is 20.1 Å². The zero-order valence-corrected chi connectivity index (χ0v) is 11.2. The van der Waals surface area contributed by atoms with Crippen LogP contribution in [0.25, 0.3) is 0 Å². The van der Waals surface area contributed by atoms with Crippen LogP contribution in [0, 0.1) is 6.92 Å². The Kier molecular flexibility index (Phi) is 4.89. The fraction of sp³-hybridized carbons (Fsp3) is 0.400. The monoisotopic (exact) mass is 281 g/mol. The number of hydrogen-bond donors (Lipinski definition) is 1. The third kappa shape index (κ3) is 3.85. The van der Waals surface area contributed by atoms with E-state index < -0.39 is 10.0 Å². The lowest BCUT2D eigenvalue weighted by Crippen LogP contribution is -2.17. The van der Waals surface area contributed by atoms with Gasteiger partial charge in [0.05, 0.1) is 16.5 Å². The number of rotatable bonds is 5. The van der Waals surface area contributed by atoms with Crippen molar-refractivity contribution in [3.05, 3.63) is 28.8 Å². The Morgan fingerprint density at radius 3 is 2.62 bits per heavy atom. The van der Waals surface area contributed by atoms with Gasteiger partial charge in [0.25, 0.3) is 0 Å². The normalized spacial score (nSPS) is 11.4. The molecule has 6 heteroatoms. The Hall–Kier alpha value is -0.450. The predicted octanol–water partition coefficient (Wildman–Crippen LogP) is 3.02. The highest BCUT2D eigenvalue weighted by atomic mass is 35.5. The summed E-state index contributed by atoms with van der Waals surface area (Å²) in [5.41, 5.74) is 1.24. The molecule has 0 aromatic heterocycles. The van der Waals surface area contributed by atoms with Gasteiger partial charge in [-0.15, -0.1) is 11.6 Å². The number of sulfonamides is 1. The molecule has 0 bridgehead atoms. The largest absolute Gasteiger partial charge is 0.282 e. The Morgan fingerprint density at radius 2 is 2.06 bits per heavy atom. The number of anilines is 1. The quantitative estimate of drug-likeness (QED) is 0.844. The molecule has 0 saturated heterocycles. The van der Waals surface area contributed by atoms with Crippen LogP contribution >= 0.6 is 23.2 Å². The van der Waals surface area contributed by atoms with Crippen LogP contribution in [0.3, 0.4) is 0 Å². The van der Waals surface area contributed by atoms with Crippen LogP contribution in [0.1, 0.15) is 12.0 Å². The molecule has 0 aliphatic carbocycles. The standard InChI is InChI=1S/C10H13Cl2NO2S/c1-8-4-2-5-9(12)10(8)13-16(14,15)7-3-6-11/h2,4-5,13H,3,6-7H2,1H3. The van der Waals surface area contributed by atoms with E-state index >= 15 is 0 Å². The zero-order valence-electron chi connectivity index (χ0n) is 8.83. The van der Waals surface area contributed by atoms with Gasteiger partial charge in [-0.1, -0.05) is 23.7 Å². The molecule has 0 unspecified atom stereocenters. The van der Waals surface area contributed by atoms with Gasteiger partial charge in [-0.05, 0) is 25.0 Å². The first-order valence-electron chi connectivity index (χ1n) is 4.78. The van der Waals surface area contributed by atoms with Crippen molar-refractivity contribution in [3.63, 3.8) is 0 Å². The van der Waals surface area contributed by atoms with Crippen LogP contribution in [0.5, 0.6) is 0 Å². The van der Waals surface area contributed by atoms with E-state index in [4.69, 9.17) is 23.2 Å². The van der Waals surface area contributed by atoms with Crippen molar-refractivity contribution >= 4 is 38.9 Å². The van der Waals surface area contributed by atoms with Crippen LogP contribution in [0.2, 0.25) is 5.02 Å². The first-order valence-corrected chi connectivity index (χ1v) is 7.34. The summed E-state index contributed by atoms with van der Waals surface area (Å²) < 4.78 is 25.7. The van der Waals surface area contributed by atoms with Crippen molar-refractivity contribution in [2.75, 3.05) is 16.4 Å². The highest BCUT2D eigenvalue weighted by Crippen LogP contribution is 2.26. The molecule has 3 nitrogen and oxygen atoms in total. The van der Waals surface area contributed by atoms with Gasteiger partial charge in [0.15, 0.2) is 0 Å². The summed E-state index contributed by atoms with van der Waals surface area (Å²) in [7, 11) is -3.36. The number of halogens is 2. The molecule has 0 aliphatic heterocycles. The van der Waals surface area contributed by atoms with Crippen molar-refractivity contribution in [2.45, 2.75) is 13.3 Å². The van der Waals surface area contributed by atoms with E-state index in [1.807, 2.05) is 0 Å². The number of aryl methyl sites for hydroxylation is 1. The Labute approximate surface area is 106 Å². The summed E-state index contributed by atoms with van der Waals surface area (Å²) in [5.74, 6) is 0.323. The molecule has 0 atom stereocenters. The molecule has 0 spiro atoms. The van der Waals surface area contributed by atoms with Crippen molar-refractivity contribution in [1.82, 2.24) is 0 Å². The van der Waals surface area contributed by atoms with Crippen LogP contribution < -0.4 is 4.72 Å². The second-order valence-electron chi connectivity index (χ2n) is 3.40. The zero-order chi connectivity index (χ0) is 12.2. The minimum atomic E-state index is -3.36. The maximum atomic E-state index is 11.6. The van der Waals surface area contributed by atoms with Gasteiger partial charge < -0.3 is 0 Å². The minimum Gasteiger partial charge on any atom is -0.282 e. The smallest absolute Gasteiger partial charge is 0.232 e. The number of benzene rings is 1. The molecule has 90 valence electrons. The van der Waals surface area contributed by atoms with E-state index in [0.717, 1.165) is 5.56 Å². The van der Waals surface area contributed by atoms with Gasteiger partial charge in [0.1, 0.15) is 0 Å². The van der Waals surface area contributed by atoms with E-state index in [1.54, 1.807) is 25.1 Å². The highest BCUT2D eigenvalue weighted by molar-refractivity contribution is 7.92. The SMILES string of the molecule is Cc1cccc(Cl)c1NS(=O)(=O)CCCCl. The first kappa shape index (κ1) is 13.6. The molecule has 1 rings (SSSR count). The number of hydrogen-bond acceptors (Lipinski definition) is 2.